The molecule has 1 aliphatic rings. The van der Waals surface area contributed by atoms with Gasteiger partial charge in [0.1, 0.15) is 5.75 Å². The molecule has 0 heterocycles. The van der Waals surface area contributed by atoms with Crippen molar-refractivity contribution >= 4 is 11.6 Å². The van der Waals surface area contributed by atoms with Crippen molar-refractivity contribution < 1.29 is 4.74 Å². The summed E-state index contributed by atoms with van der Waals surface area (Å²) in [4.78, 5) is 0. The van der Waals surface area contributed by atoms with Gasteiger partial charge in [0.15, 0.2) is 0 Å². The number of benzene rings is 1. The van der Waals surface area contributed by atoms with Crippen LogP contribution in [0.5, 0.6) is 5.75 Å². The summed E-state index contributed by atoms with van der Waals surface area (Å²) in [6.07, 6.45) is 2.32. The predicted octanol–water partition coefficient (Wildman–Crippen LogP) is 2.73. The van der Waals surface area contributed by atoms with Gasteiger partial charge in [0.25, 0.3) is 0 Å². The van der Waals surface area contributed by atoms with Crippen molar-refractivity contribution in [1.29, 1.82) is 0 Å². The molecule has 0 bridgehead atoms. The number of hydrogen-bond acceptors (Lipinski definition) is 2. The van der Waals surface area contributed by atoms with Crippen molar-refractivity contribution in [3.63, 3.8) is 0 Å². The maximum absolute atomic E-state index is 6.02. The summed E-state index contributed by atoms with van der Waals surface area (Å²) in [5, 5.41) is 0.654. The van der Waals surface area contributed by atoms with Gasteiger partial charge < -0.3 is 10.5 Å². The Morgan fingerprint density at radius 2 is 2.13 bits per heavy atom. The van der Waals surface area contributed by atoms with Gasteiger partial charge in [-0.1, -0.05) is 17.7 Å². The molecule has 1 fully saturated rings. The number of halogens is 1. The van der Waals surface area contributed by atoms with Crippen molar-refractivity contribution in [1.82, 2.24) is 0 Å². The van der Waals surface area contributed by atoms with Crippen molar-refractivity contribution in [3.8, 4) is 5.75 Å². The van der Waals surface area contributed by atoms with E-state index >= 15 is 0 Å². The molecule has 0 aromatic heterocycles. The summed E-state index contributed by atoms with van der Waals surface area (Å²) in [5.74, 6) is 0.737. The van der Waals surface area contributed by atoms with E-state index in [1.54, 1.807) is 7.11 Å². The van der Waals surface area contributed by atoms with Crippen LogP contribution in [-0.4, -0.2) is 13.2 Å². The van der Waals surface area contributed by atoms with E-state index in [9.17, 15) is 0 Å². The smallest absolute Gasteiger partial charge is 0.137 e. The maximum atomic E-state index is 6.02. The Bertz CT molecular complexity index is 372. The van der Waals surface area contributed by atoms with Crippen LogP contribution in [0.15, 0.2) is 18.2 Å². The highest BCUT2D eigenvalue weighted by Gasteiger charge is 2.47. The lowest BCUT2D eigenvalue weighted by Gasteiger charge is -2.20. The van der Waals surface area contributed by atoms with E-state index in [1.807, 2.05) is 12.1 Å². The molecule has 1 aliphatic carbocycles. The van der Waals surface area contributed by atoms with Crippen LogP contribution < -0.4 is 10.5 Å². The molecule has 0 amide bonds. The zero-order valence-corrected chi connectivity index (χ0v) is 9.84. The summed E-state index contributed by atoms with van der Waals surface area (Å²) in [6, 6.07) is 6.14. The van der Waals surface area contributed by atoms with Crippen LogP contribution in [0.3, 0.4) is 0 Å². The van der Waals surface area contributed by atoms with Crippen LogP contribution in [0.25, 0.3) is 0 Å². The first-order valence-corrected chi connectivity index (χ1v) is 5.57. The molecule has 0 saturated heterocycles. The van der Waals surface area contributed by atoms with E-state index in [4.69, 9.17) is 22.1 Å². The summed E-state index contributed by atoms with van der Waals surface area (Å²) in [6.45, 7) is 2.06. The molecule has 15 heavy (non-hydrogen) atoms. The van der Waals surface area contributed by atoms with E-state index in [0.717, 1.165) is 18.6 Å². The van der Waals surface area contributed by atoms with Gasteiger partial charge >= 0.3 is 0 Å². The van der Waals surface area contributed by atoms with Gasteiger partial charge in [-0.25, -0.2) is 0 Å². The molecule has 82 valence electrons. The second-order valence-electron chi connectivity index (χ2n) is 4.29. The Morgan fingerprint density at radius 3 is 2.60 bits per heavy atom. The van der Waals surface area contributed by atoms with Gasteiger partial charge in [0.2, 0.25) is 0 Å². The highest BCUT2D eigenvalue weighted by Crippen LogP contribution is 2.51. The second-order valence-corrected chi connectivity index (χ2v) is 4.70. The number of hydrogen-bond donors (Lipinski definition) is 1. The molecule has 2 nitrogen and oxygen atoms in total. The minimum absolute atomic E-state index is 0.165. The number of rotatable bonds is 3. The van der Waals surface area contributed by atoms with Gasteiger partial charge in [-0.05, 0) is 37.5 Å². The lowest BCUT2D eigenvalue weighted by molar-refractivity contribution is 0.413. The molecular weight excluding hydrogens is 210 g/mol. The Balaban J connectivity index is 2.38. The topological polar surface area (TPSA) is 35.2 Å². The zero-order chi connectivity index (χ0) is 11.1. The van der Waals surface area contributed by atoms with Crippen LogP contribution in [-0.2, 0) is 5.41 Å². The van der Waals surface area contributed by atoms with Crippen molar-refractivity contribution in [2.45, 2.75) is 31.2 Å². The Morgan fingerprint density at radius 1 is 1.47 bits per heavy atom. The third-order valence-electron chi connectivity index (χ3n) is 3.39. The van der Waals surface area contributed by atoms with Crippen LogP contribution >= 0.6 is 11.6 Å². The van der Waals surface area contributed by atoms with Crippen LogP contribution in [0.4, 0.5) is 0 Å². The lowest BCUT2D eigenvalue weighted by Crippen LogP contribution is -2.31. The summed E-state index contributed by atoms with van der Waals surface area (Å²) < 4.78 is 5.22. The molecule has 1 unspecified atom stereocenters. The quantitative estimate of drug-likeness (QED) is 0.859. The predicted molar refractivity (Wildman–Crippen MR) is 62.6 cm³/mol. The first-order valence-electron chi connectivity index (χ1n) is 5.20. The Labute approximate surface area is 95.4 Å². The first-order chi connectivity index (χ1) is 7.10. The molecule has 0 radical (unpaired) electrons. The zero-order valence-electron chi connectivity index (χ0n) is 9.09. The number of nitrogens with two attached hydrogens (primary N) is 1. The maximum Gasteiger partial charge on any atom is 0.137 e. The molecule has 2 rings (SSSR count). The third-order valence-corrected chi connectivity index (χ3v) is 3.70. The van der Waals surface area contributed by atoms with Gasteiger partial charge in [-0.15, -0.1) is 0 Å². The van der Waals surface area contributed by atoms with Crippen LogP contribution in [0, 0.1) is 0 Å². The first kappa shape index (κ1) is 10.8. The van der Waals surface area contributed by atoms with Gasteiger partial charge in [0, 0.05) is 11.5 Å². The Hall–Kier alpha value is -0.730. The highest BCUT2D eigenvalue weighted by atomic mass is 35.5. The summed E-state index contributed by atoms with van der Waals surface area (Å²) in [5.41, 5.74) is 7.43. The molecule has 1 aromatic rings. The minimum atomic E-state index is 0.165. The molecule has 1 atom stereocenters. The Kier molecular flexibility index (Phi) is 2.65. The standard InChI is InChI=1S/C12H16ClNO/c1-8(14)12(5-6-12)9-3-4-10(13)11(7-9)15-2/h3-4,7-8H,5-6,14H2,1-2H3. The second kappa shape index (κ2) is 3.69. The average Bonchev–Trinajstić information content (AvgIpc) is 2.99. The average molecular weight is 226 g/mol. The molecule has 0 aliphatic heterocycles. The molecule has 3 heteroatoms. The third kappa shape index (κ3) is 1.72. The highest BCUT2D eigenvalue weighted by molar-refractivity contribution is 6.32. The molecule has 1 saturated carbocycles. The van der Waals surface area contributed by atoms with Crippen LogP contribution in [0.1, 0.15) is 25.3 Å². The van der Waals surface area contributed by atoms with Crippen molar-refractivity contribution in [3.05, 3.63) is 28.8 Å². The molecule has 1 aromatic carbocycles. The molecule has 0 spiro atoms. The summed E-state index contributed by atoms with van der Waals surface area (Å²) >= 11 is 5.99. The van der Waals surface area contributed by atoms with Gasteiger partial charge in [-0.3, -0.25) is 0 Å². The fourth-order valence-electron chi connectivity index (χ4n) is 2.11. The van der Waals surface area contributed by atoms with Crippen molar-refractivity contribution in [2.75, 3.05) is 7.11 Å². The largest absolute Gasteiger partial charge is 0.495 e. The number of ether oxygens (including phenoxy) is 1. The lowest BCUT2D eigenvalue weighted by atomic mass is 9.89. The van der Waals surface area contributed by atoms with Crippen molar-refractivity contribution in [2.24, 2.45) is 5.73 Å². The molecular formula is C12H16ClNO. The fraction of sp³-hybridized carbons (Fsp3) is 0.500. The minimum Gasteiger partial charge on any atom is -0.495 e. The van der Waals surface area contributed by atoms with E-state index in [1.165, 1.54) is 5.56 Å². The monoisotopic (exact) mass is 225 g/mol. The fourth-order valence-corrected chi connectivity index (χ4v) is 2.31. The van der Waals surface area contributed by atoms with E-state index < -0.39 is 0 Å². The SMILES string of the molecule is COc1cc(C2(C(C)N)CC2)ccc1Cl. The molecule has 2 N–H and O–H groups in total. The van der Waals surface area contributed by atoms with E-state index in [0.29, 0.717) is 5.02 Å². The number of methoxy groups -OCH3 is 1. The van der Waals surface area contributed by atoms with E-state index in [-0.39, 0.29) is 11.5 Å². The van der Waals surface area contributed by atoms with E-state index in [2.05, 4.69) is 13.0 Å². The normalized spacial score (nSPS) is 19.7. The van der Waals surface area contributed by atoms with Gasteiger partial charge in [0.05, 0.1) is 12.1 Å². The van der Waals surface area contributed by atoms with Gasteiger partial charge in [-0.2, -0.15) is 0 Å². The summed E-state index contributed by atoms with van der Waals surface area (Å²) in [7, 11) is 1.64. The van der Waals surface area contributed by atoms with Crippen LogP contribution in [0.2, 0.25) is 5.02 Å².